The summed E-state index contributed by atoms with van der Waals surface area (Å²) in [4.78, 5) is 0. The van der Waals surface area contributed by atoms with Crippen molar-refractivity contribution in [3.63, 3.8) is 0 Å². The summed E-state index contributed by atoms with van der Waals surface area (Å²) in [7, 11) is -0.695. The Bertz CT molecular complexity index is 364. The Labute approximate surface area is 73.5 Å². The molecule has 0 saturated heterocycles. The normalized spacial score (nSPS) is 9.08. The van der Waals surface area contributed by atoms with Crippen molar-refractivity contribution in [2.45, 2.75) is 0 Å². The van der Waals surface area contributed by atoms with Gasteiger partial charge in [-0.2, -0.15) is 5.26 Å². The van der Waals surface area contributed by atoms with E-state index in [1.807, 2.05) is 0 Å². The first-order chi connectivity index (χ1) is 6.19. The van der Waals surface area contributed by atoms with Gasteiger partial charge < -0.3 is 9.68 Å². The third kappa shape index (κ3) is 1.95. The number of nitrogens with zero attached hydrogens (tertiary/aromatic N) is 1. The molecule has 0 amide bonds. The Morgan fingerprint density at radius 1 is 1.38 bits per heavy atom. The monoisotopic (exact) mass is 183 g/mol. The number of rotatable bonds is 2. The van der Waals surface area contributed by atoms with Crippen LogP contribution >= 0.6 is 0 Å². The van der Waals surface area contributed by atoms with Gasteiger partial charge >= 0.3 is 7.69 Å². The molecule has 66 valence electrons. The number of halogens is 2. The van der Waals surface area contributed by atoms with Gasteiger partial charge in [0.15, 0.2) is 11.6 Å². The molecule has 1 rings (SSSR count). The van der Waals surface area contributed by atoms with Crippen LogP contribution in [0.3, 0.4) is 0 Å². The largest absolute Gasteiger partial charge is 0.538 e. The van der Waals surface area contributed by atoms with E-state index in [9.17, 15) is 8.78 Å². The van der Waals surface area contributed by atoms with Gasteiger partial charge in [0, 0.05) is 6.07 Å². The molecule has 1 aromatic rings. The molecule has 0 radical (unpaired) electrons. The SMILES string of the molecule is N#Cc1cc(F)c(F)cc1OBO. The van der Waals surface area contributed by atoms with E-state index in [-0.39, 0.29) is 11.3 Å². The fraction of sp³-hybridized carbons (Fsp3) is 0. The Balaban J connectivity index is 3.18. The molecule has 1 aromatic carbocycles. The molecule has 0 aliphatic heterocycles. The highest BCUT2D eigenvalue weighted by molar-refractivity contribution is 6.17. The van der Waals surface area contributed by atoms with Crippen LogP contribution in [-0.4, -0.2) is 12.7 Å². The van der Waals surface area contributed by atoms with Crippen LogP contribution in [0.2, 0.25) is 0 Å². The summed E-state index contributed by atoms with van der Waals surface area (Å²) >= 11 is 0. The van der Waals surface area contributed by atoms with E-state index in [1.54, 1.807) is 6.07 Å². The van der Waals surface area contributed by atoms with E-state index in [0.29, 0.717) is 12.1 Å². The molecule has 0 unspecified atom stereocenters. The molecule has 1 N–H and O–H groups in total. The molecule has 0 heterocycles. The molecular weight excluding hydrogens is 179 g/mol. The molecule has 0 aliphatic rings. The van der Waals surface area contributed by atoms with Crippen LogP contribution in [0.4, 0.5) is 8.78 Å². The molecule has 0 spiro atoms. The van der Waals surface area contributed by atoms with Gasteiger partial charge in [-0.15, -0.1) is 0 Å². The highest BCUT2D eigenvalue weighted by Crippen LogP contribution is 2.20. The molecule has 13 heavy (non-hydrogen) atoms. The lowest BCUT2D eigenvalue weighted by Gasteiger charge is -2.04. The van der Waals surface area contributed by atoms with Crippen LogP contribution < -0.4 is 4.65 Å². The molecule has 0 aliphatic carbocycles. The fourth-order valence-electron chi connectivity index (χ4n) is 0.805. The van der Waals surface area contributed by atoms with Crippen molar-refractivity contribution in [2.24, 2.45) is 0 Å². The van der Waals surface area contributed by atoms with Crippen molar-refractivity contribution >= 4 is 7.69 Å². The summed E-state index contributed by atoms with van der Waals surface area (Å²) < 4.78 is 29.6. The predicted octanol–water partition coefficient (Wildman–Crippen LogP) is 0.474. The molecular formula is C7H4BF2NO2. The van der Waals surface area contributed by atoms with Crippen LogP contribution in [0, 0.1) is 23.0 Å². The van der Waals surface area contributed by atoms with Gasteiger partial charge in [0.1, 0.15) is 11.8 Å². The number of benzene rings is 1. The Morgan fingerprint density at radius 3 is 2.54 bits per heavy atom. The molecule has 0 atom stereocenters. The zero-order chi connectivity index (χ0) is 9.84. The van der Waals surface area contributed by atoms with Crippen LogP contribution in [0.5, 0.6) is 5.75 Å². The Morgan fingerprint density at radius 2 is 2.00 bits per heavy atom. The molecule has 6 heteroatoms. The maximum Gasteiger partial charge on any atom is 0.504 e. The van der Waals surface area contributed by atoms with Gasteiger partial charge in [0.05, 0.1) is 5.56 Å². The Hall–Kier alpha value is -1.61. The van der Waals surface area contributed by atoms with Crippen LogP contribution in [0.1, 0.15) is 5.56 Å². The average molecular weight is 183 g/mol. The lowest BCUT2D eigenvalue weighted by Crippen LogP contribution is -2.02. The highest BCUT2D eigenvalue weighted by Gasteiger charge is 2.10. The van der Waals surface area contributed by atoms with E-state index in [2.05, 4.69) is 4.65 Å². The van der Waals surface area contributed by atoms with Crippen LogP contribution in [0.15, 0.2) is 12.1 Å². The zero-order valence-corrected chi connectivity index (χ0v) is 6.42. The summed E-state index contributed by atoms with van der Waals surface area (Å²) in [6.45, 7) is 0. The molecule has 0 saturated carbocycles. The van der Waals surface area contributed by atoms with Gasteiger partial charge in [-0.25, -0.2) is 8.78 Å². The predicted molar refractivity (Wildman–Crippen MR) is 41.1 cm³/mol. The van der Waals surface area contributed by atoms with Gasteiger partial charge in [-0.05, 0) is 6.07 Å². The third-order valence-corrected chi connectivity index (χ3v) is 1.36. The molecule has 0 fully saturated rings. The summed E-state index contributed by atoms with van der Waals surface area (Å²) in [5.41, 5.74) is -0.159. The maximum absolute atomic E-state index is 12.6. The quantitative estimate of drug-likeness (QED) is 0.678. The van der Waals surface area contributed by atoms with Crippen molar-refractivity contribution < 1.29 is 18.5 Å². The molecule has 0 bridgehead atoms. The smallest absolute Gasteiger partial charge is 0.504 e. The second kappa shape index (κ2) is 3.87. The van der Waals surface area contributed by atoms with Crippen molar-refractivity contribution in [3.05, 3.63) is 29.3 Å². The number of hydrogen-bond acceptors (Lipinski definition) is 3. The van der Waals surface area contributed by atoms with Crippen molar-refractivity contribution in [1.82, 2.24) is 0 Å². The summed E-state index contributed by atoms with van der Waals surface area (Å²) in [6.07, 6.45) is 0. The topological polar surface area (TPSA) is 53.2 Å². The first kappa shape index (κ1) is 9.48. The summed E-state index contributed by atoms with van der Waals surface area (Å²) in [5, 5.41) is 16.8. The van der Waals surface area contributed by atoms with Crippen LogP contribution in [-0.2, 0) is 0 Å². The maximum atomic E-state index is 12.6. The van der Waals surface area contributed by atoms with E-state index < -0.39 is 19.3 Å². The van der Waals surface area contributed by atoms with E-state index in [4.69, 9.17) is 10.3 Å². The standard InChI is InChI=1S/C7H4BF2NO2/c9-5-1-4(3-11)7(13-8-12)2-6(5)10/h1-2,8,12H. The second-order valence-electron chi connectivity index (χ2n) is 2.15. The van der Waals surface area contributed by atoms with E-state index in [0.717, 1.165) is 0 Å². The van der Waals surface area contributed by atoms with Gasteiger partial charge in [0.25, 0.3) is 0 Å². The average Bonchev–Trinajstić information content (AvgIpc) is 2.11. The number of nitriles is 1. The summed E-state index contributed by atoms with van der Waals surface area (Å²) in [6, 6.07) is 3.03. The third-order valence-electron chi connectivity index (χ3n) is 1.36. The molecule has 0 aromatic heterocycles. The van der Waals surface area contributed by atoms with E-state index >= 15 is 0 Å². The minimum Gasteiger partial charge on any atom is -0.538 e. The first-order valence-corrected chi connectivity index (χ1v) is 3.32. The van der Waals surface area contributed by atoms with Gasteiger partial charge in [-0.3, -0.25) is 0 Å². The Kier molecular flexibility index (Phi) is 2.82. The van der Waals surface area contributed by atoms with Crippen molar-refractivity contribution in [3.8, 4) is 11.8 Å². The fourth-order valence-corrected chi connectivity index (χ4v) is 0.805. The lowest BCUT2D eigenvalue weighted by atomic mass is 10.2. The summed E-state index contributed by atoms with van der Waals surface area (Å²) in [5.74, 6) is -2.42. The zero-order valence-electron chi connectivity index (χ0n) is 6.42. The highest BCUT2D eigenvalue weighted by atomic mass is 19.2. The second-order valence-corrected chi connectivity index (χ2v) is 2.15. The minimum atomic E-state index is -1.12. The van der Waals surface area contributed by atoms with E-state index in [1.165, 1.54) is 0 Å². The first-order valence-electron chi connectivity index (χ1n) is 3.32. The van der Waals surface area contributed by atoms with Crippen molar-refractivity contribution in [2.75, 3.05) is 0 Å². The van der Waals surface area contributed by atoms with Crippen LogP contribution in [0.25, 0.3) is 0 Å². The van der Waals surface area contributed by atoms with Crippen molar-refractivity contribution in [1.29, 1.82) is 5.26 Å². The molecule has 3 nitrogen and oxygen atoms in total. The van der Waals surface area contributed by atoms with Gasteiger partial charge in [0.2, 0.25) is 0 Å². The lowest BCUT2D eigenvalue weighted by molar-refractivity contribution is 0.444. The van der Waals surface area contributed by atoms with Gasteiger partial charge in [-0.1, -0.05) is 0 Å². The minimum absolute atomic E-state index is 0.159. The number of hydrogen-bond donors (Lipinski definition) is 1.